The normalized spacial score (nSPS) is 10.6. The van der Waals surface area contributed by atoms with Gasteiger partial charge in [-0.15, -0.1) is 0 Å². The Morgan fingerprint density at radius 1 is 1.53 bits per heavy atom. The van der Waals surface area contributed by atoms with Crippen LogP contribution in [0.5, 0.6) is 0 Å². The summed E-state index contributed by atoms with van der Waals surface area (Å²) in [6, 6.07) is 1.50. The maximum absolute atomic E-state index is 11.9. The molecule has 1 rings (SSSR count). The first kappa shape index (κ1) is 13.2. The van der Waals surface area contributed by atoms with E-state index in [0.717, 1.165) is 0 Å². The minimum atomic E-state index is -1.02. The first-order valence-electron chi connectivity index (χ1n) is 5.33. The van der Waals surface area contributed by atoms with Crippen molar-refractivity contribution in [1.29, 1.82) is 0 Å². The second kappa shape index (κ2) is 5.47. The number of aryl methyl sites for hydroxylation is 1. The van der Waals surface area contributed by atoms with Crippen LogP contribution in [0.3, 0.4) is 0 Å². The standard InChI is InChI=1S/C11H16N2O4/c1-7(2)13(6-11(15)16)10(14)5-9-4-8(3)17-12-9/h4,7H,5-6H2,1-3H3,(H,15,16). The summed E-state index contributed by atoms with van der Waals surface area (Å²) in [5.41, 5.74) is 0.517. The summed E-state index contributed by atoms with van der Waals surface area (Å²) in [6.07, 6.45) is 0.0583. The van der Waals surface area contributed by atoms with Crippen molar-refractivity contribution < 1.29 is 19.2 Å². The van der Waals surface area contributed by atoms with Crippen LogP contribution in [0.15, 0.2) is 10.6 Å². The number of hydrogen-bond donors (Lipinski definition) is 1. The van der Waals surface area contributed by atoms with Crippen molar-refractivity contribution in [1.82, 2.24) is 10.1 Å². The Morgan fingerprint density at radius 2 is 2.18 bits per heavy atom. The van der Waals surface area contributed by atoms with E-state index in [0.29, 0.717) is 11.5 Å². The minimum absolute atomic E-state index is 0.0583. The predicted octanol–water partition coefficient (Wildman–Crippen LogP) is 0.847. The van der Waals surface area contributed by atoms with Crippen molar-refractivity contribution in [2.75, 3.05) is 6.54 Å². The Labute approximate surface area is 99.2 Å². The van der Waals surface area contributed by atoms with E-state index in [1.54, 1.807) is 26.8 Å². The molecule has 0 fully saturated rings. The van der Waals surface area contributed by atoms with Gasteiger partial charge in [0.25, 0.3) is 0 Å². The molecule has 17 heavy (non-hydrogen) atoms. The van der Waals surface area contributed by atoms with E-state index >= 15 is 0 Å². The molecule has 1 aromatic heterocycles. The van der Waals surface area contributed by atoms with Gasteiger partial charge in [-0.2, -0.15) is 0 Å². The lowest BCUT2D eigenvalue weighted by Gasteiger charge is -2.24. The van der Waals surface area contributed by atoms with Crippen LogP contribution < -0.4 is 0 Å². The summed E-state index contributed by atoms with van der Waals surface area (Å²) in [6.45, 7) is 4.98. The highest BCUT2D eigenvalue weighted by atomic mass is 16.5. The molecule has 0 radical (unpaired) electrons. The third-order valence-electron chi connectivity index (χ3n) is 2.26. The van der Waals surface area contributed by atoms with E-state index < -0.39 is 5.97 Å². The molecule has 0 saturated carbocycles. The molecule has 0 aliphatic rings. The minimum Gasteiger partial charge on any atom is -0.480 e. The van der Waals surface area contributed by atoms with Crippen molar-refractivity contribution in [2.45, 2.75) is 33.2 Å². The van der Waals surface area contributed by atoms with E-state index in [2.05, 4.69) is 5.16 Å². The molecule has 0 aliphatic carbocycles. The molecule has 6 heteroatoms. The SMILES string of the molecule is Cc1cc(CC(=O)N(CC(=O)O)C(C)C)no1. The Kier molecular flexibility index (Phi) is 4.25. The third kappa shape index (κ3) is 3.90. The zero-order valence-corrected chi connectivity index (χ0v) is 10.1. The Morgan fingerprint density at radius 3 is 2.59 bits per heavy atom. The van der Waals surface area contributed by atoms with E-state index in [4.69, 9.17) is 9.63 Å². The molecule has 0 unspecified atom stereocenters. The van der Waals surface area contributed by atoms with Crippen LogP contribution in [0.4, 0.5) is 0 Å². The number of rotatable bonds is 5. The molecule has 0 bridgehead atoms. The fraction of sp³-hybridized carbons (Fsp3) is 0.545. The van der Waals surface area contributed by atoms with Crippen molar-refractivity contribution in [2.24, 2.45) is 0 Å². The van der Waals surface area contributed by atoms with Gasteiger partial charge < -0.3 is 14.5 Å². The van der Waals surface area contributed by atoms with Gasteiger partial charge in [0.05, 0.1) is 12.1 Å². The number of carbonyl (C=O) groups is 2. The second-order valence-corrected chi connectivity index (χ2v) is 4.11. The molecule has 6 nitrogen and oxygen atoms in total. The zero-order valence-electron chi connectivity index (χ0n) is 10.1. The number of aliphatic carboxylic acids is 1. The summed E-state index contributed by atoms with van der Waals surface area (Å²) in [5, 5.41) is 12.4. The largest absolute Gasteiger partial charge is 0.480 e. The summed E-state index contributed by atoms with van der Waals surface area (Å²) in [4.78, 5) is 23.8. The van der Waals surface area contributed by atoms with E-state index in [1.165, 1.54) is 4.90 Å². The highest BCUT2D eigenvalue weighted by Gasteiger charge is 2.20. The summed E-state index contributed by atoms with van der Waals surface area (Å²) in [7, 11) is 0. The molecule has 0 aliphatic heterocycles. The molecule has 0 spiro atoms. The first-order chi connectivity index (χ1) is 7.90. The number of aromatic nitrogens is 1. The molecule has 1 aromatic rings. The second-order valence-electron chi connectivity index (χ2n) is 4.11. The third-order valence-corrected chi connectivity index (χ3v) is 2.26. The molecular formula is C11H16N2O4. The van der Waals surface area contributed by atoms with Gasteiger partial charge in [-0.1, -0.05) is 5.16 Å². The molecule has 0 atom stereocenters. The zero-order chi connectivity index (χ0) is 13.0. The van der Waals surface area contributed by atoms with Crippen LogP contribution in [0, 0.1) is 6.92 Å². The molecule has 1 N–H and O–H groups in total. The highest BCUT2D eigenvalue weighted by Crippen LogP contribution is 2.07. The number of hydrogen-bond acceptors (Lipinski definition) is 4. The van der Waals surface area contributed by atoms with Crippen molar-refractivity contribution in [3.63, 3.8) is 0 Å². The summed E-state index contributed by atoms with van der Waals surface area (Å²) < 4.78 is 4.85. The lowest BCUT2D eigenvalue weighted by atomic mass is 10.2. The Balaban J connectivity index is 2.68. The lowest BCUT2D eigenvalue weighted by molar-refractivity contribution is -0.145. The maximum Gasteiger partial charge on any atom is 0.323 e. The molecule has 0 aromatic carbocycles. The number of carboxylic acids is 1. The molecule has 94 valence electrons. The quantitative estimate of drug-likeness (QED) is 0.824. The van der Waals surface area contributed by atoms with Gasteiger partial charge in [-0.3, -0.25) is 9.59 Å². The van der Waals surface area contributed by atoms with E-state index in [-0.39, 0.29) is 24.9 Å². The summed E-state index contributed by atoms with van der Waals surface area (Å²) in [5.74, 6) is -0.666. The highest BCUT2D eigenvalue weighted by molar-refractivity contribution is 5.82. The van der Waals surface area contributed by atoms with Gasteiger partial charge in [0.1, 0.15) is 12.3 Å². The van der Waals surface area contributed by atoms with Crippen LogP contribution in [-0.4, -0.2) is 39.6 Å². The summed E-state index contributed by atoms with van der Waals surface area (Å²) >= 11 is 0. The average Bonchev–Trinajstić information content (AvgIpc) is 2.59. The van der Waals surface area contributed by atoms with Gasteiger partial charge in [0.2, 0.25) is 5.91 Å². The van der Waals surface area contributed by atoms with Gasteiger partial charge >= 0.3 is 5.97 Å². The topological polar surface area (TPSA) is 83.6 Å². The number of carbonyl (C=O) groups excluding carboxylic acids is 1. The van der Waals surface area contributed by atoms with Crippen molar-refractivity contribution >= 4 is 11.9 Å². The predicted molar refractivity (Wildman–Crippen MR) is 59.4 cm³/mol. The van der Waals surface area contributed by atoms with Gasteiger partial charge in [0, 0.05) is 12.1 Å². The average molecular weight is 240 g/mol. The smallest absolute Gasteiger partial charge is 0.323 e. The van der Waals surface area contributed by atoms with Crippen LogP contribution in [-0.2, 0) is 16.0 Å². The Bertz CT molecular complexity index is 411. The fourth-order valence-electron chi connectivity index (χ4n) is 1.46. The first-order valence-corrected chi connectivity index (χ1v) is 5.33. The molecular weight excluding hydrogens is 224 g/mol. The maximum atomic E-state index is 11.9. The lowest BCUT2D eigenvalue weighted by Crippen LogP contribution is -2.41. The van der Waals surface area contributed by atoms with Crippen LogP contribution in [0.2, 0.25) is 0 Å². The van der Waals surface area contributed by atoms with Gasteiger partial charge in [-0.05, 0) is 20.8 Å². The van der Waals surface area contributed by atoms with E-state index in [1.807, 2.05) is 0 Å². The monoisotopic (exact) mass is 240 g/mol. The Hall–Kier alpha value is -1.85. The number of carboxylic acid groups (broad SMARTS) is 1. The van der Waals surface area contributed by atoms with E-state index in [9.17, 15) is 9.59 Å². The fourth-order valence-corrected chi connectivity index (χ4v) is 1.46. The number of nitrogens with zero attached hydrogens (tertiary/aromatic N) is 2. The van der Waals surface area contributed by atoms with Crippen LogP contribution in [0.25, 0.3) is 0 Å². The van der Waals surface area contributed by atoms with Crippen molar-refractivity contribution in [3.8, 4) is 0 Å². The van der Waals surface area contributed by atoms with Gasteiger partial charge in [-0.25, -0.2) is 0 Å². The van der Waals surface area contributed by atoms with Crippen LogP contribution in [0.1, 0.15) is 25.3 Å². The molecule has 0 saturated heterocycles. The number of amides is 1. The van der Waals surface area contributed by atoms with Gasteiger partial charge in [0.15, 0.2) is 0 Å². The van der Waals surface area contributed by atoms with Crippen LogP contribution >= 0.6 is 0 Å². The van der Waals surface area contributed by atoms with Crippen molar-refractivity contribution in [3.05, 3.63) is 17.5 Å². The molecule has 1 amide bonds. The molecule has 1 heterocycles.